The number of benzene rings is 1. The van der Waals surface area contributed by atoms with Gasteiger partial charge >= 0.3 is 0 Å². The summed E-state index contributed by atoms with van der Waals surface area (Å²) in [6.45, 7) is 2.27. The fourth-order valence-electron chi connectivity index (χ4n) is 4.70. The molecule has 0 heterocycles. The van der Waals surface area contributed by atoms with Crippen LogP contribution in [0, 0.1) is 5.92 Å². The Balaban J connectivity index is 1.44. The van der Waals surface area contributed by atoms with Gasteiger partial charge in [-0.1, -0.05) is 31.9 Å². The van der Waals surface area contributed by atoms with E-state index in [0.29, 0.717) is 28.5 Å². The first-order valence-corrected chi connectivity index (χ1v) is 10.6. The maximum absolute atomic E-state index is 12.8. The lowest BCUT2D eigenvalue weighted by Crippen LogP contribution is -2.25. The van der Waals surface area contributed by atoms with Crippen molar-refractivity contribution < 1.29 is 9.59 Å². The van der Waals surface area contributed by atoms with Crippen LogP contribution in [0.1, 0.15) is 56.9 Å². The first kappa shape index (κ1) is 19.4. The van der Waals surface area contributed by atoms with Crippen LogP contribution in [0.4, 0.5) is 5.69 Å². The van der Waals surface area contributed by atoms with Gasteiger partial charge in [0.05, 0.1) is 11.3 Å². The van der Waals surface area contributed by atoms with E-state index in [-0.39, 0.29) is 11.6 Å². The van der Waals surface area contributed by atoms with E-state index in [1.165, 1.54) is 56.2 Å². The lowest BCUT2D eigenvalue weighted by atomic mass is 9.77. The van der Waals surface area contributed by atoms with Gasteiger partial charge in [-0.2, -0.15) is 0 Å². The first-order chi connectivity index (χ1) is 14.1. The number of Topliss-reactive ketones (excluding diaryl/α,β-unsaturated/α-hetero) is 1. The topological polar surface area (TPSA) is 72.2 Å². The molecule has 3 aliphatic carbocycles. The van der Waals surface area contributed by atoms with Gasteiger partial charge in [-0.05, 0) is 79.5 Å². The van der Waals surface area contributed by atoms with E-state index in [9.17, 15) is 9.59 Å². The molecule has 0 aliphatic heterocycles. The fourth-order valence-corrected chi connectivity index (χ4v) is 4.70. The Hall–Kier alpha value is -2.88. The molecule has 4 nitrogen and oxygen atoms in total. The van der Waals surface area contributed by atoms with Gasteiger partial charge in [0.15, 0.2) is 5.78 Å². The number of ketones is 2. The van der Waals surface area contributed by atoms with Crippen LogP contribution in [0.15, 0.2) is 71.1 Å². The van der Waals surface area contributed by atoms with Gasteiger partial charge in [0, 0.05) is 17.0 Å². The van der Waals surface area contributed by atoms with Crippen LogP contribution in [-0.4, -0.2) is 11.6 Å². The number of nitrogens with two attached hydrogens (primary N) is 1. The Labute approximate surface area is 172 Å². The average Bonchev–Trinajstić information content (AvgIpc) is 2.74. The van der Waals surface area contributed by atoms with E-state index >= 15 is 0 Å². The molecular formula is C25H28N2O2. The molecule has 0 atom stereocenters. The van der Waals surface area contributed by atoms with Crippen molar-refractivity contribution in [2.24, 2.45) is 11.7 Å². The van der Waals surface area contributed by atoms with E-state index < -0.39 is 0 Å². The van der Waals surface area contributed by atoms with Crippen LogP contribution < -0.4 is 11.1 Å². The molecule has 1 aromatic carbocycles. The van der Waals surface area contributed by atoms with Crippen LogP contribution >= 0.6 is 0 Å². The molecule has 29 heavy (non-hydrogen) atoms. The third-order valence-electron chi connectivity index (χ3n) is 6.33. The zero-order valence-electron chi connectivity index (χ0n) is 16.9. The predicted molar refractivity (Wildman–Crippen MR) is 116 cm³/mol. The van der Waals surface area contributed by atoms with Crippen molar-refractivity contribution in [1.82, 2.24) is 0 Å². The molecule has 3 N–H and O–H groups in total. The normalized spacial score (nSPS) is 24.2. The lowest BCUT2D eigenvalue weighted by molar-refractivity contribution is -0.114. The van der Waals surface area contributed by atoms with Crippen molar-refractivity contribution >= 4 is 17.3 Å². The van der Waals surface area contributed by atoms with E-state index in [1.54, 1.807) is 12.2 Å². The van der Waals surface area contributed by atoms with E-state index in [4.69, 9.17) is 5.73 Å². The number of anilines is 1. The minimum atomic E-state index is -0.240. The highest BCUT2D eigenvalue weighted by molar-refractivity contribution is 6.25. The summed E-state index contributed by atoms with van der Waals surface area (Å²) < 4.78 is 0. The van der Waals surface area contributed by atoms with E-state index in [2.05, 4.69) is 24.4 Å². The molecule has 4 heteroatoms. The number of nitrogens with one attached hydrogen (secondary N) is 1. The number of rotatable bonds is 5. The molecule has 0 amide bonds. The van der Waals surface area contributed by atoms with Crippen LogP contribution in [0.5, 0.6) is 0 Å². The van der Waals surface area contributed by atoms with Gasteiger partial charge in [0.1, 0.15) is 0 Å². The second-order valence-electron chi connectivity index (χ2n) is 8.27. The van der Waals surface area contributed by atoms with Gasteiger partial charge in [0.25, 0.3) is 0 Å². The fraction of sp³-hybridized carbons (Fsp3) is 0.360. The molecule has 1 fully saturated rings. The number of carbonyl (C=O) groups is 2. The molecule has 0 bridgehead atoms. The van der Waals surface area contributed by atoms with Crippen molar-refractivity contribution in [3.05, 3.63) is 76.7 Å². The highest BCUT2D eigenvalue weighted by Crippen LogP contribution is 2.38. The van der Waals surface area contributed by atoms with Crippen LogP contribution in [0.3, 0.4) is 0 Å². The molecule has 3 aliphatic rings. The summed E-state index contributed by atoms with van der Waals surface area (Å²) >= 11 is 0. The third-order valence-corrected chi connectivity index (χ3v) is 6.33. The molecule has 0 aromatic heterocycles. The van der Waals surface area contributed by atoms with Crippen molar-refractivity contribution in [3.63, 3.8) is 0 Å². The molecule has 1 saturated carbocycles. The van der Waals surface area contributed by atoms with Crippen molar-refractivity contribution in [3.8, 4) is 0 Å². The number of hydrogen-bond acceptors (Lipinski definition) is 4. The highest BCUT2D eigenvalue weighted by atomic mass is 16.1. The summed E-state index contributed by atoms with van der Waals surface area (Å²) in [4.78, 5) is 24.8. The third kappa shape index (κ3) is 3.98. The molecular weight excluding hydrogens is 360 g/mol. The van der Waals surface area contributed by atoms with Crippen molar-refractivity contribution in [1.29, 1.82) is 0 Å². The number of fused-ring (bicyclic) bond motifs is 1. The number of carbonyl (C=O) groups excluding carboxylic acids is 2. The summed E-state index contributed by atoms with van der Waals surface area (Å²) in [6, 6.07) is 8.40. The van der Waals surface area contributed by atoms with Crippen LogP contribution in [0.2, 0.25) is 0 Å². The van der Waals surface area contributed by atoms with Gasteiger partial charge < -0.3 is 11.1 Å². The minimum absolute atomic E-state index is 0.184. The van der Waals surface area contributed by atoms with Crippen LogP contribution in [0.25, 0.3) is 0 Å². The zero-order valence-corrected chi connectivity index (χ0v) is 16.9. The number of allylic oxidation sites excluding steroid dienone is 6. The smallest absolute Gasteiger partial charge is 0.211 e. The second kappa shape index (κ2) is 8.24. The molecule has 0 unspecified atom stereocenters. The quantitative estimate of drug-likeness (QED) is 0.751. The highest BCUT2D eigenvalue weighted by Gasteiger charge is 2.29. The van der Waals surface area contributed by atoms with E-state index in [1.807, 2.05) is 12.1 Å². The monoisotopic (exact) mass is 388 g/mol. The maximum atomic E-state index is 12.8. The Morgan fingerprint density at radius 1 is 1.00 bits per heavy atom. The Morgan fingerprint density at radius 2 is 1.72 bits per heavy atom. The second-order valence-corrected chi connectivity index (χ2v) is 8.27. The zero-order chi connectivity index (χ0) is 20.4. The SMILES string of the molecule is CCC[C@H]1CC[C@H](c2ccc(NC3=CC=C4C(=O)C=CC(N)=C4C3=O)cc2)CC1. The van der Waals surface area contributed by atoms with E-state index in [0.717, 1.165) is 11.6 Å². The predicted octanol–water partition coefficient (Wildman–Crippen LogP) is 4.92. The first-order valence-electron chi connectivity index (χ1n) is 10.6. The van der Waals surface area contributed by atoms with Crippen LogP contribution in [-0.2, 0) is 9.59 Å². The van der Waals surface area contributed by atoms with Gasteiger partial charge in [-0.3, -0.25) is 9.59 Å². The van der Waals surface area contributed by atoms with Gasteiger partial charge in [-0.25, -0.2) is 0 Å². The minimum Gasteiger partial charge on any atom is -0.398 e. The van der Waals surface area contributed by atoms with Gasteiger partial charge in [0.2, 0.25) is 5.78 Å². The average molecular weight is 389 g/mol. The Morgan fingerprint density at radius 3 is 2.41 bits per heavy atom. The summed E-state index contributed by atoms with van der Waals surface area (Å²) in [5.41, 5.74) is 9.63. The molecule has 0 radical (unpaired) electrons. The molecule has 0 spiro atoms. The molecule has 4 rings (SSSR count). The Bertz CT molecular complexity index is 940. The van der Waals surface area contributed by atoms with Crippen molar-refractivity contribution in [2.75, 3.05) is 5.32 Å². The molecule has 0 saturated heterocycles. The number of hydrogen-bond donors (Lipinski definition) is 2. The lowest BCUT2D eigenvalue weighted by Gasteiger charge is -2.28. The maximum Gasteiger partial charge on any atom is 0.211 e. The summed E-state index contributed by atoms with van der Waals surface area (Å²) in [6.07, 6.45) is 14.1. The van der Waals surface area contributed by atoms with Crippen molar-refractivity contribution in [2.45, 2.75) is 51.4 Å². The molecule has 150 valence electrons. The molecule has 1 aromatic rings. The summed E-state index contributed by atoms with van der Waals surface area (Å²) in [5, 5.41) is 3.19. The van der Waals surface area contributed by atoms with Gasteiger partial charge in [-0.15, -0.1) is 0 Å². The Kier molecular flexibility index (Phi) is 5.52. The largest absolute Gasteiger partial charge is 0.398 e. The standard InChI is InChI=1S/C25H28N2O2/c1-2-3-16-4-6-17(7-5-16)18-8-10-19(11-9-18)27-22-14-12-20-23(28)15-13-21(26)24(20)25(22)29/h8-17,27H,2-7,26H2,1H3/t16-,17-. The summed E-state index contributed by atoms with van der Waals surface area (Å²) in [5.74, 6) is 1.12. The summed E-state index contributed by atoms with van der Waals surface area (Å²) in [7, 11) is 0.